The molecule has 0 bridgehead atoms. The van der Waals surface area contributed by atoms with Crippen molar-refractivity contribution in [1.82, 2.24) is 5.06 Å². The Morgan fingerprint density at radius 2 is 2.56 bits per heavy atom. The van der Waals surface area contributed by atoms with Crippen LogP contribution in [0.3, 0.4) is 0 Å². The smallest absolute Gasteiger partial charge is 0.256 e. The summed E-state index contributed by atoms with van der Waals surface area (Å²) in [7, 11) is 0. The van der Waals surface area contributed by atoms with E-state index in [-0.39, 0.29) is 5.91 Å². The van der Waals surface area contributed by atoms with Crippen molar-refractivity contribution in [3.05, 3.63) is 0 Å². The average Bonchev–Trinajstić information content (AvgIpc) is 2.37. The Hall–Kier alpha value is -0.0900. The molecule has 3 nitrogen and oxygen atoms in total. The predicted octanol–water partition coefficient (Wildman–Crippen LogP) is 0.545. The van der Waals surface area contributed by atoms with E-state index in [4.69, 9.17) is 4.84 Å². The van der Waals surface area contributed by atoms with Gasteiger partial charge in [-0.1, -0.05) is 15.9 Å². The summed E-state index contributed by atoms with van der Waals surface area (Å²) in [5.41, 5.74) is 0. The molecule has 1 fully saturated rings. The molecule has 4 heteroatoms. The van der Waals surface area contributed by atoms with Crippen molar-refractivity contribution in [1.29, 1.82) is 0 Å². The number of nitrogens with zero attached hydrogens (tertiary/aromatic N) is 1. The number of carbonyl (C=O) groups excluding carboxylic acids is 1. The summed E-state index contributed by atoms with van der Waals surface area (Å²) in [6.07, 6.45) is 0.957. The second-order valence-corrected chi connectivity index (χ2v) is 2.38. The second-order valence-electron chi connectivity index (χ2n) is 1.82. The van der Waals surface area contributed by atoms with Gasteiger partial charge in [0.1, 0.15) is 0 Å². The molecule has 52 valence electrons. The first-order valence-corrected chi connectivity index (χ1v) is 3.96. The largest absolute Gasteiger partial charge is 0.272 e. The van der Waals surface area contributed by atoms with Gasteiger partial charge >= 0.3 is 0 Å². The maximum Gasteiger partial charge on any atom is 0.256 e. The fraction of sp³-hybridized carbons (Fsp3) is 0.800. The SMILES string of the molecule is O=C(CBr)N1CCCO1. The van der Waals surface area contributed by atoms with Crippen LogP contribution in [-0.4, -0.2) is 29.5 Å². The summed E-state index contributed by atoms with van der Waals surface area (Å²) < 4.78 is 0. The number of rotatable bonds is 1. The van der Waals surface area contributed by atoms with Gasteiger partial charge in [-0.25, -0.2) is 5.06 Å². The molecule has 1 aliphatic heterocycles. The molecule has 0 aromatic rings. The van der Waals surface area contributed by atoms with E-state index in [2.05, 4.69) is 15.9 Å². The first kappa shape index (κ1) is 7.02. The lowest BCUT2D eigenvalue weighted by Gasteiger charge is -2.10. The van der Waals surface area contributed by atoms with Crippen molar-refractivity contribution in [3.63, 3.8) is 0 Å². The van der Waals surface area contributed by atoms with Gasteiger partial charge in [-0.3, -0.25) is 9.63 Å². The van der Waals surface area contributed by atoms with E-state index < -0.39 is 0 Å². The normalized spacial score (nSPS) is 18.6. The highest BCUT2D eigenvalue weighted by Crippen LogP contribution is 2.04. The fourth-order valence-electron chi connectivity index (χ4n) is 0.711. The minimum atomic E-state index is 0.00694. The number of hydrogen-bond acceptors (Lipinski definition) is 2. The molecular formula is C5H8BrNO2. The number of carbonyl (C=O) groups is 1. The topological polar surface area (TPSA) is 29.5 Å². The zero-order chi connectivity index (χ0) is 6.69. The van der Waals surface area contributed by atoms with Crippen molar-refractivity contribution in [2.24, 2.45) is 0 Å². The number of hydrogen-bond donors (Lipinski definition) is 0. The van der Waals surface area contributed by atoms with Crippen LogP contribution < -0.4 is 0 Å². The Bertz CT molecular complexity index is 112. The Labute approximate surface area is 62.0 Å². The molecule has 9 heavy (non-hydrogen) atoms. The van der Waals surface area contributed by atoms with Crippen LogP contribution >= 0.6 is 15.9 Å². The zero-order valence-corrected chi connectivity index (χ0v) is 6.56. The fourth-order valence-corrected chi connectivity index (χ4v) is 0.990. The maximum absolute atomic E-state index is 10.8. The average molecular weight is 194 g/mol. The van der Waals surface area contributed by atoms with Crippen LogP contribution in [0.2, 0.25) is 0 Å². The van der Waals surface area contributed by atoms with Crippen LogP contribution in [0.5, 0.6) is 0 Å². The molecule has 0 aromatic carbocycles. The van der Waals surface area contributed by atoms with Gasteiger partial charge in [-0.05, 0) is 6.42 Å². The molecule has 1 aliphatic rings. The second kappa shape index (κ2) is 3.17. The van der Waals surface area contributed by atoms with Gasteiger partial charge in [0.05, 0.1) is 18.5 Å². The van der Waals surface area contributed by atoms with Crippen LogP contribution in [0, 0.1) is 0 Å². The molecule has 0 spiro atoms. The molecule has 1 amide bonds. The number of alkyl halides is 1. The molecule has 0 radical (unpaired) electrons. The summed E-state index contributed by atoms with van der Waals surface area (Å²) in [5, 5.41) is 1.75. The monoisotopic (exact) mass is 193 g/mol. The quantitative estimate of drug-likeness (QED) is 0.570. The van der Waals surface area contributed by atoms with Crippen molar-refractivity contribution < 1.29 is 9.63 Å². The third-order valence-corrected chi connectivity index (χ3v) is 1.62. The Kier molecular flexibility index (Phi) is 2.48. The van der Waals surface area contributed by atoms with Gasteiger partial charge in [0, 0.05) is 0 Å². The van der Waals surface area contributed by atoms with Gasteiger partial charge in [0.25, 0.3) is 5.91 Å². The molecule has 0 N–H and O–H groups in total. The minimum Gasteiger partial charge on any atom is -0.272 e. The van der Waals surface area contributed by atoms with Gasteiger partial charge < -0.3 is 0 Å². The Balaban J connectivity index is 2.32. The van der Waals surface area contributed by atoms with Crippen LogP contribution in [0.15, 0.2) is 0 Å². The third kappa shape index (κ3) is 1.66. The van der Waals surface area contributed by atoms with Gasteiger partial charge in [0.15, 0.2) is 0 Å². The van der Waals surface area contributed by atoms with Crippen LogP contribution in [0.1, 0.15) is 6.42 Å². The van der Waals surface area contributed by atoms with E-state index in [1.165, 1.54) is 5.06 Å². The summed E-state index contributed by atoms with van der Waals surface area (Å²) >= 11 is 3.05. The molecule has 0 aromatic heterocycles. The highest BCUT2D eigenvalue weighted by atomic mass is 79.9. The summed E-state index contributed by atoms with van der Waals surface area (Å²) in [6, 6.07) is 0. The molecule has 0 unspecified atom stereocenters. The first-order chi connectivity index (χ1) is 4.34. The molecule has 1 heterocycles. The van der Waals surface area contributed by atoms with E-state index in [1.54, 1.807) is 0 Å². The maximum atomic E-state index is 10.8. The minimum absolute atomic E-state index is 0.00694. The third-order valence-electron chi connectivity index (χ3n) is 1.15. The van der Waals surface area contributed by atoms with E-state index in [0.717, 1.165) is 13.0 Å². The van der Waals surface area contributed by atoms with Crippen LogP contribution in [0.4, 0.5) is 0 Å². The Morgan fingerprint density at radius 3 is 3.00 bits per heavy atom. The summed E-state index contributed by atoms with van der Waals surface area (Å²) in [5.74, 6) is 0.00694. The Morgan fingerprint density at radius 1 is 1.78 bits per heavy atom. The van der Waals surface area contributed by atoms with Crippen LogP contribution in [-0.2, 0) is 9.63 Å². The van der Waals surface area contributed by atoms with Crippen molar-refractivity contribution in [2.75, 3.05) is 18.5 Å². The van der Waals surface area contributed by atoms with Gasteiger partial charge in [0.2, 0.25) is 0 Å². The van der Waals surface area contributed by atoms with E-state index in [9.17, 15) is 4.79 Å². The molecule has 0 saturated carbocycles. The molecule has 0 atom stereocenters. The lowest BCUT2D eigenvalue weighted by molar-refractivity contribution is -0.165. The lowest BCUT2D eigenvalue weighted by atomic mass is 10.5. The first-order valence-electron chi connectivity index (χ1n) is 2.84. The van der Waals surface area contributed by atoms with Crippen molar-refractivity contribution in [2.45, 2.75) is 6.42 Å². The summed E-state index contributed by atoms with van der Waals surface area (Å²) in [6.45, 7) is 1.42. The standard InChI is InChI=1S/C5H8BrNO2/c6-4-5(8)7-2-1-3-9-7/h1-4H2. The van der Waals surface area contributed by atoms with Crippen molar-refractivity contribution in [3.8, 4) is 0 Å². The molecule has 0 aliphatic carbocycles. The summed E-state index contributed by atoms with van der Waals surface area (Å²) in [4.78, 5) is 15.7. The van der Waals surface area contributed by atoms with Gasteiger partial charge in [-0.15, -0.1) is 0 Å². The van der Waals surface area contributed by atoms with Crippen molar-refractivity contribution >= 4 is 21.8 Å². The van der Waals surface area contributed by atoms with E-state index in [0.29, 0.717) is 11.9 Å². The highest BCUT2D eigenvalue weighted by Gasteiger charge is 2.17. The van der Waals surface area contributed by atoms with Crippen LogP contribution in [0.25, 0.3) is 0 Å². The number of hydroxylamine groups is 2. The van der Waals surface area contributed by atoms with Gasteiger partial charge in [-0.2, -0.15) is 0 Å². The lowest BCUT2D eigenvalue weighted by Crippen LogP contribution is -2.27. The zero-order valence-electron chi connectivity index (χ0n) is 4.97. The molecular weight excluding hydrogens is 186 g/mol. The number of halogens is 1. The predicted molar refractivity (Wildman–Crippen MR) is 36.1 cm³/mol. The number of amides is 1. The van der Waals surface area contributed by atoms with E-state index >= 15 is 0 Å². The van der Waals surface area contributed by atoms with E-state index in [1.807, 2.05) is 0 Å². The molecule has 1 rings (SSSR count). The molecule has 1 saturated heterocycles. The highest BCUT2D eigenvalue weighted by molar-refractivity contribution is 9.09.